The van der Waals surface area contributed by atoms with E-state index in [2.05, 4.69) is 20.2 Å². The van der Waals surface area contributed by atoms with E-state index in [0.717, 1.165) is 17.8 Å². The molecule has 0 radical (unpaired) electrons. The molecular weight excluding hydrogens is 378 g/mol. The average molecular weight is 399 g/mol. The predicted octanol–water partition coefficient (Wildman–Crippen LogP) is 2.39. The molecule has 1 aliphatic rings. The molecule has 1 aliphatic carbocycles. The van der Waals surface area contributed by atoms with Gasteiger partial charge >= 0.3 is 18.0 Å². The minimum absolute atomic E-state index is 0.0158. The summed E-state index contributed by atoms with van der Waals surface area (Å²) in [7, 11) is 1.22. The Morgan fingerprint density at radius 2 is 2.00 bits per heavy atom. The van der Waals surface area contributed by atoms with Gasteiger partial charge in [-0.15, -0.1) is 11.3 Å². The minimum atomic E-state index is -1.39. The summed E-state index contributed by atoms with van der Waals surface area (Å²) < 4.78 is 9.79. The number of nitrogens with zero attached hydrogens (tertiary/aromatic N) is 2. The summed E-state index contributed by atoms with van der Waals surface area (Å²) in [4.78, 5) is 44.4. The number of amides is 1. The van der Waals surface area contributed by atoms with Crippen molar-refractivity contribution in [3.63, 3.8) is 0 Å². The van der Waals surface area contributed by atoms with Crippen molar-refractivity contribution in [3.8, 4) is 0 Å². The Hall–Kier alpha value is -2.69. The number of ether oxygens (including phenoxy) is 2. The van der Waals surface area contributed by atoms with Crippen molar-refractivity contribution >= 4 is 40.2 Å². The smallest absolute Gasteiger partial charge is 0.413 e. The van der Waals surface area contributed by atoms with Gasteiger partial charge in [-0.1, -0.05) is 5.16 Å². The van der Waals surface area contributed by atoms with Crippen LogP contribution < -0.4 is 5.32 Å². The molecule has 0 aliphatic heterocycles. The van der Waals surface area contributed by atoms with Crippen LogP contribution in [0.2, 0.25) is 0 Å². The molecule has 0 unspecified atom stereocenters. The van der Waals surface area contributed by atoms with Gasteiger partial charge in [0.05, 0.1) is 7.11 Å². The number of rotatable bonds is 6. The summed E-state index contributed by atoms with van der Waals surface area (Å²) in [5.41, 5.74) is -2.45. The maximum atomic E-state index is 11.8. The fourth-order valence-corrected chi connectivity index (χ4v) is 2.86. The summed E-state index contributed by atoms with van der Waals surface area (Å²) in [6, 6.07) is 0. The van der Waals surface area contributed by atoms with E-state index >= 15 is 0 Å². The molecule has 0 aromatic carbocycles. The molecule has 27 heavy (non-hydrogen) atoms. The van der Waals surface area contributed by atoms with Crippen LogP contribution in [0.1, 0.15) is 45.7 Å². The Morgan fingerprint density at radius 1 is 1.33 bits per heavy atom. The Kier molecular flexibility index (Phi) is 6.04. The number of hydrogen-bond donors (Lipinski definition) is 2. The second kappa shape index (κ2) is 7.91. The first kappa shape index (κ1) is 20.6. The first-order valence-corrected chi connectivity index (χ1v) is 8.98. The van der Waals surface area contributed by atoms with Crippen LogP contribution in [-0.4, -0.2) is 52.1 Å². The molecule has 10 nitrogen and oxygen atoms in total. The summed E-state index contributed by atoms with van der Waals surface area (Å²) in [6.45, 7) is 5.14. The molecule has 1 heterocycles. The number of carboxylic acids is 1. The molecule has 0 atom stereocenters. The van der Waals surface area contributed by atoms with Gasteiger partial charge in [0.1, 0.15) is 11.3 Å². The molecule has 11 heteroatoms. The second-order valence-corrected chi connectivity index (χ2v) is 7.70. The monoisotopic (exact) mass is 399 g/mol. The number of carbonyl (C=O) groups excluding carboxylic acids is 2. The lowest BCUT2D eigenvalue weighted by Gasteiger charge is -2.35. The van der Waals surface area contributed by atoms with Crippen molar-refractivity contribution in [3.05, 3.63) is 11.1 Å². The van der Waals surface area contributed by atoms with E-state index in [0.29, 0.717) is 12.8 Å². The standard InChI is InChI=1S/C16H21N3O7S/c1-15(2,3)25-14(23)18-13-17-9(8-27-13)10(11(20)21)19-26-16(6-5-7-16)12(22)24-4/h8H,5-7H2,1-4H3,(H,20,21)(H,17,18,23)/b19-10-. The van der Waals surface area contributed by atoms with E-state index in [1.807, 2.05) is 0 Å². The molecule has 148 valence electrons. The fourth-order valence-electron chi connectivity index (χ4n) is 2.18. The topological polar surface area (TPSA) is 136 Å². The van der Waals surface area contributed by atoms with Gasteiger partial charge in [-0.2, -0.15) is 0 Å². The minimum Gasteiger partial charge on any atom is -0.476 e. The van der Waals surface area contributed by atoms with E-state index in [4.69, 9.17) is 9.57 Å². The van der Waals surface area contributed by atoms with E-state index in [9.17, 15) is 19.5 Å². The van der Waals surface area contributed by atoms with Gasteiger partial charge in [0.2, 0.25) is 11.3 Å². The van der Waals surface area contributed by atoms with Gasteiger partial charge in [0.25, 0.3) is 0 Å². The maximum absolute atomic E-state index is 11.8. The molecule has 1 fully saturated rings. The molecule has 1 amide bonds. The van der Waals surface area contributed by atoms with Gasteiger partial charge < -0.3 is 19.4 Å². The zero-order chi connectivity index (χ0) is 20.2. The first-order valence-electron chi connectivity index (χ1n) is 8.10. The number of nitrogens with one attached hydrogen (secondary N) is 1. The van der Waals surface area contributed by atoms with Crippen LogP contribution in [0.4, 0.5) is 9.93 Å². The molecule has 2 rings (SSSR count). The molecule has 1 saturated carbocycles. The zero-order valence-corrected chi connectivity index (χ0v) is 16.2. The zero-order valence-electron chi connectivity index (χ0n) is 15.4. The van der Waals surface area contributed by atoms with Crippen molar-refractivity contribution < 1.29 is 33.8 Å². The third-order valence-corrected chi connectivity index (χ3v) is 4.35. The van der Waals surface area contributed by atoms with Gasteiger partial charge in [-0.3, -0.25) is 5.32 Å². The highest BCUT2D eigenvalue weighted by atomic mass is 32.1. The summed E-state index contributed by atoms with van der Waals surface area (Å²) in [5.74, 6) is -1.99. The maximum Gasteiger partial charge on any atom is 0.413 e. The van der Waals surface area contributed by atoms with Crippen LogP contribution in [0.5, 0.6) is 0 Å². The number of aliphatic carboxylic acids is 1. The molecule has 0 saturated heterocycles. The van der Waals surface area contributed by atoms with Crippen molar-refractivity contribution in [1.82, 2.24) is 4.98 Å². The lowest BCUT2D eigenvalue weighted by molar-refractivity contribution is -0.182. The van der Waals surface area contributed by atoms with Crippen molar-refractivity contribution in [2.45, 2.75) is 51.2 Å². The van der Waals surface area contributed by atoms with E-state index in [1.165, 1.54) is 12.5 Å². The van der Waals surface area contributed by atoms with Gasteiger partial charge in [0.15, 0.2) is 5.13 Å². The van der Waals surface area contributed by atoms with Gasteiger partial charge in [-0.05, 0) is 27.2 Å². The normalized spacial score (nSPS) is 16.1. The van der Waals surface area contributed by atoms with Crippen LogP contribution in [0, 0.1) is 0 Å². The highest BCUT2D eigenvalue weighted by Gasteiger charge is 2.49. The number of anilines is 1. The molecular formula is C16H21N3O7S. The average Bonchev–Trinajstić information content (AvgIpc) is 2.94. The third kappa shape index (κ3) is 5.16. The highest BCUT2D eigenvalue weighted by Crippen LogP contribution is 2.37. The SMILES string of the molecule is COC(=O)C1(O/N=C(\C(=O)O)c2csc(NC(=O)OC(C)(C)C)n2)CCC1. The number of hydrogen-bond acceptors (Lipinski definition) is 9. The number of oxime groups is 1. The van der Waals surface area contributed by atoms with E-state index < -0.39 is 34.9 Å². The van der Waals surface area contributed by atoms with Crippen LogP contribution in [0.15, 0.2) is 10.5 Å². The fraction of sp³-hybridized carbons (Fsp3) is 0.562. The number of thiazole rings is 1. The quantitative estimate of drug-likeness (QED) is 0.423. The molecule has 1 aromatic rings. The van der Waals surface area contributed by atoms with Crippen LogP contribution in [0.3, 0.4) is 0 Å². The van der Waals surface area contributed by atoms with Crippen molar-refractivity contribution in [2.75, 3.05) is 12.4 Å². The second-order valence-electron chi connectivity index (χ2n) is 6.84. The number of carbonyl (C=O) groups is 3. The summed E-state index contributed by atoms with van der Waals surface area (Å²) in [6.07, 6.45) is 0.803. The van der Waals surface area contributed by atoms with Gasteiger partial charge in [0, 0.05) is 18.2 Å². The Labute approximate surface area is 159 Å². The number of esters is 1. The van der Waals surface area contributed by atoms with Crippen molar-refractivity contribution in [2.24, 2.45) is 5.16 Å². The number of aromatic nitrogens is 1. The number of methoxy groups -OCH3 is 1. The molecule has 2 N–H and O–H groups in total. The first-order chi connectivity index (χ1) is 12.6. The van der Waals surface area contributed by atoms with Crippen LogP contribution in [0.25, 0.3) is 0 Å². The summed E-state index contributed by atoms with van der Waals surface area (Å²) in [5, 5.41) is 17.0. The van der Waals surface area contributed by atoms with Crippen LogP contribution >= 0.6 is 11.3 Å². The third-order valence-electron chi connectivity index (χ3n) is 3.59. The highest BCUT2D eigenvalue weighted by molar-refractivity contribution is 7.14. The molecule has 0 spiro atoms. The Morgan fingerprint density at radius 3 is 2.48 bits per heavy atom. The predicted molar refractivity (Wildman–Crippen MR) is 95.8 cm³/mol. The molecule has 0 bridgehead atoms. The van der Waals surface area contributed by atoms with Gasteiger partial charge in [-0.25, -0.2) is 19.4 Å². The Balaban J connectivity index is 2.13. The number of carboxylic acid groups (broad SMARTS) is 1. The van der Waals surface area contributed by atoms with E-state index in [-0.39, 0.29) is 10.8 Å². The lowest BCUT2D eigenvalue weighted by atomic mass is 9.80. The van der Waals surface area contributed by atoms with Crippen molar-refractivity contribution in [1.29, 1.82) is 0 Å². The Bertz CT molecular complexity index is 762. The van der Waals surface area contributed by atoms with E-state index in [1.54, 1.807) is 20.8 Å². The largest absolute Gasteiger partial charge is 0.476 e. The molecule has 1 aromatic heterocycles. The van der Waals surface area contributed by atoms with Crippen LogP contribution in [-0.2, 0) is 23.9 Å². The lowest BCUT2D eigenvalue weighted by Crippen LogP contribution is -2.47. The summed E-state index contributed by atoms with van der Waals surface area (Å²) >= 11 is 0.999.